The molecular formula is C21H24ClFN2O. The van der Waals surface area contributed by atoms with Crippen LogP contribution in [0.25, 0.3) is 0 Å². The Morgan fingerprint density at radius 3 is 2.62 bits per heavy atom. The molecule has 2 atom stereocenters. The van der Waals surface area contributed by atoms with Gasteiger partial charge in [0.25, 0.3) is 0 Å². The molecule has 0 radical (unpaired) electrons. The third kappa shape index (κ3) is 5.05. The normalized spacial score (nSPS) is 19.1. The lowest BCUT2D eigenvalue weighted by Gasteiger charge is -2.32. The SMILES string of the molecule is C[C@H](NC(=O)[C@H]1CCCN(Cc2ccc(Cl)cc2)C1)c1ccc(F)cc1. The molecule has 2 aromatic carbocycles. The molecule has 1 N–H and O–H groups in total. The van der Waals surface area contributed by atoms with Crippen molar-refractivity contribution >= 4 is 17.5 Å². The summed E-state index contributed by atoms with van der Waals surface area (Å²) in [6.45, 7) is 4.51. The predicted octanol–water partition coefficient (Wildman–Crippen LogP) is 4.57. The number of rotatable bonds is 5. The van der Waals surface area contributed by atoms with Crippen LogP contribution in [0.1, 0.15) is 36.9 Å². The molecule has 0 saturated carbocycles. The number of hydrogen-bond acceptors (Lipinski definition) is 2. The molecule has 0 spiro atoms. The van der Waals surface area contributed by atoms with Crippen LogP contribution >= 0.6 is 11.6 Å². The molecule has 1 heterocycles. The largest absolute Gasteiger partial charge is 0.349 e. The summed E-state index contributed by atoms with van der Waals surface area (Å²) in [5.74, 6) is -0.209. The van der Waals surface area contributed by atoms with Gasteiger partial charge in [-0.05, 0) is 61.7 Å². The third-order valence-corrected chi connectivity index (χ3v) is 5.18. The van der Waals surface area contributed by atoms with Crippen molar-refractivity contribution in [1.29, 1.82) is 0 Å². The number of carbonyl (C=O) groups is 1. The number of benzene rings is 2. The fourth-order valence-electron chi connectivity index (χ4n) is 3.43. The number of likely N-dealkylation sites (tertiary alicyclic amines) is 1. The topological polar surface area (TPSA) is 32.3 Å². The molecule has 1 aliphatic rings. The minimum absolute atomic E-state index is 0.0149. The maximum absolute atomic E-state index is 13.0. The van der Waals surface area contributed by atoms with Crippen LogP contribution in [0.3, 0.4) is 0 Å². The van der Waals surface area contributed by atoms with Crippen LogP contribution in [-0.2, 0) is 11.3 Å². The van der Waals surface area contributed by atoms with E-state index in [2.05, 4.69) is 10.2 Å². The van der Waals surface area contributed by atoms with E-state index in [1.807, 2.05) is 31.2 Å². The maximum Gasteiger partial charge on any atom is 0.224 e. The van der Waals surface area contributed by atoms with Crippen molar-refractivity contribution in [2.75, 3.05) is 13.1 Å². The van der Waals surface area contributed by atoms with Gasteiger partial charge in [-0.2, -0.15) is 0 Å². The monoisotopic (exact) mass is 374 g/mol. The van der Waals surface area contributed by atoms with Gasteiger partial charge in [0.1, 0.15) is 5.82 Å². The Morgan fingerprint density at radius 1 is 1.23 bits per heavy atom. The average Bonchev–Trinajstić information content (AvgIpc) is 2.64. The zero-order valence-electron chi connectivity index (χ0n) is 14.9. The summed E-state index contributed by atoms with van der Waals surface area (Å²) in [5, 5.41) is 3.81. The fraction of sp³-hybridized carbons (Fsp3) is 0.381. The molecule has 0 bridgehead atoms. The molecule has 0 aliphatic carbocycles. The Hall–Kier alpha value is -1.91. The van der Waals surface area contributed by atoms with E-state index in [4.69, 9.17) is 11.6 Å². The quantitative estimate of drug-likeness (QED) is 0.831. The number of hydrogen-bond donors (Lipinski definition) is 1. The van der Waals surface area contributed by atoms with Crippen molar-refractivity contribution in [3.63, 3.8) is 0 Å². The van der Waals surface area contributed by atoms with Crippen molar-refractivity contribution in [3.05, 3.63) is 70.5 Å². The van der Waals surface area contributed by atoms with Crippen molar-refractivity contribution in [2.24, 2.45) is 5.92 Å². The molecule has 1 aliphatic heterocycles. The molecule has 0 unspecified atom stereocenters. The molecule has 1 amide bonds. The Morgan fingerprint density at radius 2 is 1.92 bits per heavy atom. The second-order valence-corrected chi connectivity index (χ2v) is 7.42. The van der Waals surface area contributed by atoms with Crippen molar-refractivity contribution in [2.45, 2.75) is 32.4 Å². The Labute approximate surface area is 159 Å². The van der Waals surface area contributed by atoms with Gasteiger partial charge in [-0.15, -0.1) is 0 Å². The van der Waals surface area contributed by atoms with Gasteiger partial charge in [-0.1, -0.05) is 35.9 Å². The molecule has 2 aromatic rings. The van der Waals surface area contributed by atoms with Gasteiger partial charge in [0.2, 0.25) is 5.91 Å². The van der Waals surface area contributed by atoms with Crippen LogP contribution in [0.4, 0.5) is 4.39 Å². The van der Waals surface area contributed by atoms with Gasteiger partial charge in [-0.25, -0.2) is 4.39 Å². The van der Waals surface area contributed by atoms with Crippen LogP contribution < -0.4 is 5.32 Å². The maximum atomic E-state index is 13.0. The number of halogens is 2. The first kappa shape index (κ1) is 18.9. The van der Waals surface area contributed by atoms with E-state index in [-0.39, 0.29) is 23.7 Å². The highest BCUT2D eigenvalue weighted by Gasteiger charge is 2.26. The van der Waals surface area contributed by atoms with Gasteiger partial charge in [-0.3, -0.25) is 9.69 Å². The molecule has 0 aromatic heterocycles. The van der Waals surface area contributed by atoms with Crippen molar-refractivity contribution in [3.8, 4) is 0 Å². The average molecular weight is 375 g/mol. The molecule has 3 rings (SSSR count). The summed E-state index contributed by atoms with van der Waals surface area (Å²) < 4.78 is 13.0. The van der Waals surface area contributed by atoms with Crippen LogP contribution in [0.15, 0.2) is 48.5 Å². The molecule has 1 saturated heterocycles. The summed E-state index contributed by atoms with van der Waals surface area (Å²) in [5.41, 5.74) is 2.11. The minimum Gasteiger partial charge on any atom is -0.349 e. The first-order valence-corrected chi connectivity index (χ1v) is 9.41. The number of nitrogens with zero attached hydrogens (tertiary/aromatic N) is 1. The summed E-state index contributed by atoms with van der Waals surface area (Å²) in [6.07, 6.45) is 1.91. The number of amides is 1. The lowest BCUT2D eigenvalue weighted by atomic mass is 9.96. The first-order valence-electron chi connectivity index (χ1n) is 9.04. The van der Waals surface area contributed by atoms with E-state index in [9.17, 15) is 9.18 Å². The summed E-state index contributed by atoms with van der Waals surface area (Å²) in [4.78, 5) is 15.0. The van der Waals surface area contributed by atoms with Gasteiger partial charge >= 0.3 is 0 Å². The molecule has 138 valence electrons. The van der Waals surface area contributed by atoms with E-state index in [0.29, 0.717) is 0 Å². The molecular weight excluding hydrogens is 351 g/mol. The van der Waals surface area contributed by atoms with Gasteiger partial charge < -0.3 is 5.32 Å². The third-order valence-electron chi connectivity index (χ3n) is 4.92. The van der Waals surface area contributed by atoms with E-state index >= 15 is 0 Å². The first-order chi connectivity index (χ1) is 12.5. The summed E-state index contributed by atoms with van der Waals surface area (Å²) >= 11 is 5.94. The number of nitrogens with one attached hydrogen (secondary N) is 1. The van der Waals surface area contributed by atoms with Crippen molar-refractivity contribution < 1.29 is 9.18 Å². The number of piperidine rings is 1. The summed E-state index contributed by atoms with van der Waals surface area (Å²) in [6, 6.07) is 14.0. The highest BCUT2D eigenvalue weighted by atomic mass is 35.5. The van der Waals surface area contributed by atoms with Gasteiger partial charge in [0.05, 0.1) is 12.0 Å². The van der Waals surface area contributed by atoms with Crippen LogP contribution in [0.5, 0.6) is 0 Å². The minimum atomic E-state index is -0.266. The smallest absolute Gasteiger partial charge is 0.224 e. The fourth-order valence-corrected chi connectivity index (χ4v) is 3.55. The number of carbonyl (C=O) groups excluding carboxylic acids is 1. The van der Waals surface area contributed by atoms with Crippen LogP contribution in [-0.4, -0.2) is 23.9 Å². The van der Waals surface area contributed by atoms with Crippen molar-refractivity contribution in [1.82, 2.24) is 10.2 Å². The van der Waals surface area contributed by atoms with Crippen LogP contribution in [0, 0.1) is 11.7 Å². The zero-order chi connectivity index (χ0) is 18.5. The molecule has 26 heavy (non-hydrogen) atoms. The second kappa shape index (κ2) is 8.65. The van der Waals surface area contributed by atoms with E-state index in [1.165, 1.54) is 17.7 Å². The summed E-state index contributed by atoms with van der Waals surface area (Å²) in [7, 11) is 0. The Kier molecular flexibility index (Phi) is 6.28. The van der Waals surface area contributed by atoms with E-state index < -0.39 is 0 Å². The van der Waals surface area contributed by atoms with Crippen LogP contribution in [0.2, 0.25) is 5.02 Å². The van der Waals surface area contributed by atoms with Gasteiger partial charge in [0.15, 0.2) is 0 Å². The lowest BCUT2D eigenvalue weighted by Crippen LogP contribution is -2.43. The Bertz CT molecular complexity index is 733. The zero-order valence-corrected chi connectivity index (χ0v) is 15.7. The lowest BCUT2D eigenvalue weighted by molar-refractivity contribution is -0.127. The standard InChI is InChI=1S/C21H24ClFN2O/c1-15(17-6-10-20(23)11-7-17)24-21(26)18-3-2-12-25(14-18)13-16-4-8-19(22)9-5-16/h4-11,15,18H,2-3,12-14H2,1H3,(H,24,26)/t15-,18-/m0/s1. The molecule has 5 heteroatoms. The van der Waals surface area contributed by atoms with Gasteiger partial charge in [0, 0.05) is 18.1 Å². The van der Waals surface area contributed by atoms with E-state index in [0.717, 1.165) is 43.1 Å². The highest BCUT2D eigenvalue weighted by molar-refractivity contribution is 6.30. The molecule has 1 fully saturated rings. The van der Waals surface area contributed by atoms with E-state index in [1.54, 1.807) is 12.1 Å². The Balaban J connectivity index is 1.55. The molecule has 3 nitrogen and oxygen atoms in total. The second-order valence-electron chi connectivity index (χ2n) is 6.98. The predicted molar refractivity (Wildman–Crippen MR) is 102 cm³/mol. The highest BCUT2D eigenvalue weighted by Crippen LogP contribution is 2.21.